The first-order chi connectivity index (χ1) is 9.42. The lowest BCUT2D eigenvalue weighted by Crippen LogP contribution is -2.25. The average Bonchev–Trinajstić information content (AvgIpc) is 2.98. The number of rotatable bonds is 6. The van der Waals surface area contributed by atoms with Gasteiger partial charge >= 0.3 is 0 Å². The maximum atomic E-state index is 12.3. The molecule has 0 bridgehead atoms. The van der Waals surface area contributed by atoms with E-state index < -0.39 is 10.0 Å². The van der Waals surface area contributed by atoms with Gasteiger partial charge in [0.15, 0.2) is 0 Å². The Kier molecular flexibility index (Phi) is 5.22. The Bertz CT molecular complexity index is 678. The third kappa shape index (κ3) is 3.81. The Balaban J connectivity index is 2.13. The van der Waals surface area contributed by atoms with Gasteiger partial charge in [-0.15, -0.1) is 22.7 Å². The smallest absolute Gasteiger partial charge is 0.250 e. The first-order valence-electron chi connectivity index (χ1n) is 5.92. The number of halogens is 1. The van der Waals surface area contributed by atoms with Crippen LogP contribution in [0.25, 0.3) is 0 Å². The minimum absolute atomic E-state index is 0.299. The molecule has 1 atom stereocenters. The van der Waals surface area contributed by atoms with Crippen LogP contribution in [0.1, 0.15) is 23.4 Å². The molecular weight excluding hydrogens is 336 g/mol. The van der Waals surface area contributed by atoms with E-state index in [1.807, 2.05) is 25.4 Å². The van der Waals surface area contributed by atoms with Gasteiger partial charge in [-0.05, 0) is 43.1 Å². The zero-order chi connectivity index (χ0) is 14.8. The number of hydrogen-bond donors (Lipinski definition) is 2. The Morgan fingerprint density at radius 2 is 2.15 bits per heavy atom. The van der Waals surface area contributed by atoms with E-state index in [-0.39, 0.29) is 6.04 Å². The van der Waals surface area contributed by atoms with E-state index in [0.717, 1.165) is 10.4 Å². The maximum absolute atomic E-state index is 12.3. The van der Waals surface area contributed by atoms with Gasteiger partial charge in [0.2, 0.25) is 0 Å². The standard InChI is InChI=1S/C12H15ClN2O2S3/c1-8(10-3-4-11(13)19-10)15-20(16,17)12-5-9(6-14-2)7-18-12/h3-5,7-8,14-15H,6H2,1-2H3. The van der Waals surface area contributed by atoms with Crippen molar-refractivity contribution in [3.05, 3.63) is 38.4 Å². The SMILES string of the molecule is CNCc1csc(S(=O)(=O)NC(C)c2ccc(Cl)s2)c1. The van der Waals surface area contributed by atoms with E-state index in [2.05, 4.69) is 10.0 Å². The van der Waals surface area contributed by atoms with Gasteiger partial charge in [0, 0.05) is 11.4 Å². The van der Waals surface area contributed by atoms with Gasteiger partial charge in [-0.25, -0.2) is 13.1 Å². The average molecular weight is 351 g/mol. The van der Waals surface area contributed by atoms with Crippen molar-refractivity contribution in [1.82, 2.24) is 10.0 Å². The zero-order valence-electron chi connectivity index (χ0n) is 11.0. The Hall–Kier alpha value is -0.440. The molecule has 0 saturated heterocycles. The second kappa shape index (κ2) is 6.55. The predicted molar refractivity (Wildman–Crippen MR) is 85.1 cm³/mol. The monoisotopic (exact) mass is 350 g/mol. The van der Waals surface area contributed by atoms with Crippen molar-refractivity contribution in [3.63, 3.8) is 0 Å². The molecule has 0 aliphatic carbocycles. The van der Waals surface area contributed by atoms with Crippen LogP contribution >= 0.6 is 34.3 Å². The summed E-state index contributed by atoms with van der Waals surface area (Å²) in [5.74, 6) is 0. The van der Waals surface area contributed by atoms with E-state index in [0.29, 0.717) is 15.1 Å². The molecule has 0 fully saturated rings. The van der Waals surface area contributed by atoms with E-state index in [1.54, 1.807) is 12.1 Å². The highest BCUT2D eigenvalue weighted by atomic mass is 35.5. The van der Waals surface area contributed by atoms with Crippen LogP contribution in [0.2, 0.25) is 4.34 Å². The summed E-state index contributed by atoms with van der Waals surface area (Å²) in [6.07, 6.45) is 0. The summed E-state index contributed by atoms with van der Waals surface area (Å²) in [4.78, 5) is 0.894. The van der Waals surface area contributed by atoms with Gasteiger partial charge in [0.25, 0.3) is 10.0 Å². The molecule has 2 rings (SSSR count). The third-order valence-corrected chi connectivity index (χ3v) is 7.07. The summed E-state index contributed by atoms with van der Waals surface area (Å²) < 4.78 is 28.2. The second-order valence-corrected chi connectivity index (χ2v) is 8.89. The topological polar surface area (TPSA) is 58.2 Å². The molecule has 8 heteroatoms. The fourth-order valence-corrected chi connectivity index (χ4v) is 5.29. The number of sulfonamides is 1. The molecule has 2 aromatic heterocycles. The highest BCUT2D eigenvalue weighted by Gasteiger charge is 2.21. The van der Waals surface area contributed by atoms with E-state index in [1.165, 1.54) is 22.7 Å². The molecule has 1 unspecified atom stereocenters. The molecule has 2 N–H and O–H groups in total. The Morgan fingerprint density at radius 1 is 1.40 bits per heavy atom. The van der Waals surface area contributed by atoms with E-state index in [4.69, 9.17) is 11.6 Å². The third-order valence-electron chi connectivity index (χ3n) is 2.63. The molecule has 0 spiro atoms. The molecule has 0 aliphatic heterocycles. The van der Waals surface area contributed by atoms with Crippen molar-refractivity contribution in [2.75, 3.05) is 7.05 Å². The largest absolute Gasteiger partial charge is 0.316 e. The summed E-state index contributed by atoms with van der Waals surface area (Å²) in [5.41, 5.74) is 0.963. The van der Waals surface area contributed by atoms with Crippen LogP contribution in [0.5, 0.6) is 0 Å². The molecule has 0 aliphatic rings. The van der Waals surface area contributed by atoms with Gasteiger partial charge in [-0.3, -0.25) is 0 Å². The molecule has 0 aromatic carbocycles. The molecule has 0 saturated carbocycles. The summed E-state index contributed by atoms with van der Waals surface area (Å²) in [6.45, 7) is 2.46. The zero-order valence-corrected chi connectivity index (χ0v) is 14.2. The lowest BCUT2D eigenvalue weighted by molar-refractivity contribution is 0.570. The van der Waals surface area contributed by atoms with Crippen LogP contribution < -0.4 is 10.0 Å². The van der Waals surface area contributed by atoms with Crippen molar-refractivity contribution in [2.45, 2.75) is 23.7 Å². The fraction of sp³-hybridized carbons (Fsp3) is 0.333. The number of hydrogen-bond acceptors (Lipinski definition) is 5. The van der Waals surface area contributed by atoms with Crippen LogP contribution in [0.3, 0.4) is 0 Å². The minimum atomic E-state index is -3.49. The van der Waals surface area contributed by atoms with Crippen molar-refractivity contribution in [1.29, 1.82) is 0 Å². The van der Waals surface area contributed by atoms with Crippen LogP contribution in [-0.2, 0) is 16.6 Å². The van der Waals surface area contributed by atoms with Crippen LogP contribution in [0.15, 0.2) is 27.8 Å². The molecule has 2 heterocycles. The Labute approximate surface area is 131 Å². The van der Waals surface area contributed by atoms with Crippen LogP contribution in [-0.4, -0.2) is 15.5 Å². The molecule has 2 aromatic rings. The summed E-state index contributed by atoms with van der Waals surface area (Å²) in [7, 11) is -1.67. The van der Waals surface area contributed by atoms with Gasteiger partial charge in [0.05, 0.1) is 10.4 Å². The quantitative estimate of drug-likeness (QED) is 0.841. The van der Waals surface area contributed by atoms with Gasteiger partial charge in [-0.2, -0.15) is 0 Å². The number of thiophene rings is 2. The summed E-state index contributed by atoms with van der Waals surface area (Å²) in [6, 6.07) is 4.99. The van der Waals surface area contributed by atoms with E-state index in [9.17, 15) is 8.42 Å². The fourth-order valence-electron chi connectivity index (χ4n) is 1.70. The Morgan fingerprint density at radius 3 is 2.75 bits per heavy atom. The van der Waals surface area contributed by atoms with Crippen molar-refractivity contribution in [3.8, 4) is 0 Å². The lowest BCUT2D eigenvalue weighted by Gasteiger charge is -2.11. The molecule has 20 heavy (non-hydrogen) atoms. The van der Waals surface area contributed by atoms with Gasteiger partial charge < -0.3 is 5.32 Å². The normalized spacial score (nSPS) is 13.6. The molecule has 0 radical (unpaired) electrons. The molecule has 4 nitrogen and oxygen atoms in total. The van der Waals surface area contributed by atoms with Crippen molar-refractivity contribution in [2.24, 2.45) is 0 Å². The summed E-state index contributed by atoms with van der Waals surface area (Å²) >= 11 is 8.47. The molecule has 0 amide bonds. The van der Waals surface area contributed by atoms with Crippen molar-refractivity contribution >= 4 is 44.3 Å². The van der Waals surface area contributed by atoms with Crippen molar-refractivity contribution < 1.29 is 8.42 Å². The van der Waals surface area contributed by atoms with Crippen LogP contribution in [0, 0.1) is 0 Å². The molecule has 110 valence electrons. The highest BCUT2D eigenvalue weighted by molar-refractivity contribution is 7.91. The lowest BCUT2D eigenvalue weighted by atomic mass is 10.3. The van der Waals surface area contributed by atoms with Gasteiger partial charge in [-0.1, -0.05) is 11.6 Å². The minimum Gasteiger partial charge on any atom is -0.316 e. The number of nitrogens with one attached hydrogen (secondary N) is 2. The van der Waals surface area contributed by atoms with E-state index >= 15 is 0 Å². The highest BCUT2D eigenvalue weighted by Crippen LogP contribution is 2.28. The van der Waals surface area contributed by atoms with Crippen LogP contribution in [0.4, 0.5) is 0 Å². The maximum Gasteiger partial charge on any atom is 0.250 e. The predicted octanol–water partition coefficient (Wildman–Crippen LogP) is 3.22. The molecular formula is C12H15ClN2O2S3. The first-order valence-corrected chi connectivity index (χ1v) is 9.47. The van der Waals surface area contributed by atoms with Gasteiger partial charge in [0.1, 0.15) is 4.21 Å². The second-order valence-electron chi connectivity index (χ2n) is 4.29. The summed E-state index contributed by atoms with van der Waals surface area (Å²) in [5, 5.41) is 4.84. The first kappa shape index (κ1) is 15.9.